The number of nitriles is 1. The Hall–Kier alpha value is -3.49. The van der Waals surface area contributed by atoms with Crippen LogP contribution in [-0.2, 0) is 4.79 Å². The number of benzene rings is 1. The van der Waals surface area contributed by atoms with Gasteiger partial charge in [0, 0.05) is 23.1 Å². The number of thiazole rings is 1. The number of nitrogens with one attached hydrogen (secondary N) is 1. The van der Waals surface area contributed by atoms with Gasteiger partial charge in [-0.25, -0.2) is 4.98 Å². The molecule has 1 aromatic carbocycles. The zero-order chi connectivity index (χ0) is 25.4. The van der Waals surface area contributed by atoms with Gasteiger partial charge in [0.15, 0.2) is 5.01 Å². The van der Waals surface area contributed by atoms with Gasteiger partial charge in [-0.15, -0.1) is 11.3 Å². The molecule has 1 amide bonds. The third-order valence-electron chi connectivity index (χ3n) is 6.34. The highest BCUT2D eigenvalue weighted by molar-refractivity contribution is 7.10. The van der Waals surface area contributed by atoms with E-state index in [1.807, 2.05) is 60.9 Å². The van der Waals surface area contributed by atoms with Gasteiger partial charge in [-0.3, -0.25) is 4.79 Å². The third kappa shape index (κ3) is 7.24. The number of carbonyl (C=O) groups is 1. The van der Waals surface area contributed by atoms with Crippen LogP contribution in [-0.4, -0.2) is 10.9 Å². The van der Waals surface area contributed by atoms with Crippen molar-refractivity contribution in [3.8, 4) is 6.07 Å². The van der Waals surface area contributed by atoms with E-state index >= 15 is 0 Å². The number of anilines is 1. The van der Waals surface area contributed by atoms with Crippen LogP contribution in [0.3, 0.4) is 0 Å². The number of carbonyl (C=O) groups excluding carboxylic acids is 1. The van der Waals surface area contributed by atoms with E-state index in [4.69, 9.17) is 5.26 Å². The van der Waals surface area contributed by atoms with Crippen molar-refractivity contribution in [1.29, 1.82) is 5.26 Å². The van der Waals surface area contributed by atoms with Crippen molar-refractivity contribution in [3.63, 3.8) is 0 Å². The van der Waals surface area contributed by atoms with E-state index in [1.54, 1.807) is 6.08 Å². The molecule has 1 aliphatic rings. The molecule has 0 saturated carbocycles. The van der Waals surface area contributed by atoms with Crippen LogP contribution in [0.25, 0.3) is 0 Å². The summed E-state index contributed by atoms with van der Waals surface area (Å²) in [5, 5.41) is 14.6. The SMILES string of the molecule is CC1=C(/C=C/C(C)=C/C=C/C(C)=C\C(=O)Nc2ccccc2)C(C)(C)CCC1c1csc(C#N)n1. The van der Waals surface area contributed by atoms with Gasteiger partial charge in [-0.2, -0.15) is 5.26 Å². The van der Waals surface area contributed by atoms with Crippen LogP contribution >= 0.6 is 11.3 Å². The van der Waals surface area contributed by atoms with Crippen LogP contribution in [0.15, 0.2) is 94.5 Å². The van der Waals surface area contributed by atoms with Crippen LogP contribution in [0, 0.1) is 16.7 Å². The fourth-order valence-electron chi connectivity index (χ4n) is 4.38. The van der Waals surface area contributed by atoms with Gasteiger partial charge in [0.1, 0.15) is 6.07 Å². The van der Waals surface area contributed by atoms with Crippen molar-refractivity contribution < 1.29 is 4.79 Å². The minimum absolute atomic E-state index is 0.0900. The molecule has 1 aromatic heterocycles. The molecule has 180 valence electrons. The Kier molecular flexibility index (Phi) is 8.78. The summed E-state index contributed by atoms with van der Waals surface area (Å²) < 4.78 is 0. The molecule has 0 radical (unpaired) electrons. The van der Waals surface area contributed by atoms with E-state index in [9.17, 15) is 4.79 Å². The first kappa shape index (κ1) is 26.1. The molecule has 0 spiro atoms. The lowest BCUT2D eigenvalue weighted by molar-refractivity contribution is -0.111. The first-order chi connectivity index (χ1) is 16.7. The average Bonchev–Trinajstić information content (AvgIpc) is 3.28. The van der Waals surface area contributed by atoms with Gasteiger partial charge in [0.2, 0.25) is 5.91 Å². The standard InChI is InChI=1S/C30H33N3OS/c1-21(10-9-11-22(2)18-28(34)32-24-12-7-6-8-13-24)14-15-26-23(3)25(16-17-30(26,4)5)27-20-35-29(19-31)33-27/h6-15,18,20,25H,16-17H2,1-5H3,(H,32,34)/b11-9+,15-14+,21-10+,22-18-. The Balaban J connectivity index is 1.69. The van der Waals surface area contributed by atoms with Gasteiger partial charge in [-0.1, -0.05) is 73.6 Å². The lowest BCUT2D eigenvalue weighted by atomic mass is 9.68. The second-order valence-corrected chi connectivity index (χ2v) is 10.5. The van der Waals surface area contributed by atoms with Crippen LogP contribution in [0.5, 0.6) is 0 Å². The molecule has 3 rings (SSSR count). The molecule has 0 saturated heterocycles. The first-order valence-electron chi connectivity index (χ1n) is 11.8. The Bertz CT molecular complexity index is 1250. The van der Waals surface area contributed by atoms with Crippen molar-refractivity contribution in [2.24, 2.45) is 5.41 Å². The molecule has 1 aliphatic carbocycles. The number of nitrogens with zero attached hydrogens (tertiary/aromatic N) is 2. The largest absolute Gasteiger partial charge is 0.323 e. The third-order valence-corrected chi connectivity index (χ3v) is 7.11. The topological polar surface area (TPSA) is 65.8 Å². The van der Waals surface area contributed by atoms with Gasteiger partial charge in [-0.05, 0) is 62.3 Å². The molecule has 0 aliphatic heterocycles. The van der Waals surface area contributed by atoms with Crippen molar-refractivity contribution in [2.45, 2.75) is 53.4 Å². The smallest absolute Gasteiger partial charge is 0.248 e. The van der Waals surface area contributed by atoms with Gasteiger partial charge in [0.25, 0.3) is 0 Å². The van der Waals surface area contributed by atoms with Gasteiger partial charge >= 0.3 is 0 Å². The number of hydrogen-bond acceptors (Lipinski definition) is 4. The normalized spacial score (nSPS) is 18.8. The summed E-state index contributed by atoms with van der Waals surface area (Å²) >= 11 is 1.42. The zero-order valence-electron chi connectivity index (χ0n) is 21.1. The Morgan fingerprint density at radius 3 is 2.63 bits per heavy atom. The summed E-state index contributed by atoms with van der Waals surface area (Å²) in [6.45, 7) is 10.8. The fraction of sp³-hybridized carbons (Fsp3) is 0.300. The van der Waals surface area contributed by atoms with E-state index in [0.717, 1.165) is 35.4 Å². The summed E-state index contributed by atoms with van der Waals surface area (Å²) in [5.74, 6) is 0.123. The van der Waals surface area contributed by atoms with Crippen LogP contribution < -0.4 is 5.32 Å². The minimum Gasteiger partial charge on any atom is -0.323 e. The highest BCUT2D eigenvalue weighted by atomic mass is 32.1. The maximum atomic E-state index is 12.2. The highest BCUT2D eigenvalue weighted by Gasteiger charge is 2.33. The monoisotopic (exact) mass is 483 g/mol. The van der Waals surface area contributed by atoms with Crippen molar-refractivity contribution in [3.05, 3.63) is 105 Å². The molecule has 35 heavy (non-hydrogen) atoms. The quantitative estimate of drug-likeness (QED) is 0.322. The van der Waals surface area contributed by atoms with E-state index in [1.165, 1.54) is 22.5 Å². The number of rotatable bonds is 7. The van der Waals surface area contributed by atoms with E-state index < -0.39 is 0 Å². The number of allylic oxidation sites excluding steroid dienone is 9. The molecular weight excluding hydrogens is 450 g/mol. The Labute approximate surface area is 213 Å². The lowest BCUT2D eigenvalue weighted by Gasteiger charge is -2.37. The molecule has 0 bridgehead atoms. The predicted molar refractivity (Wildman–Crippen MR) is 146 cm³/mol. The van der Waals surface area contributed by atoms with Crippen molar-refractivity contribution in [1.82, 2.24) is 4.98 Å². The zero-order valence-corrected chi connectivity index (χ0v) is 21.9. The number of hydrogen-bond donors (Lipinski definition) is 1. The summed E-state index contributed by atoms with van der Waals surface area (Å²) in [6, 6.07) is 11.6. The molecule has 1 unspecified atom stereocenters. The average molecular weight is 484 g/mol. The number of amides is 1. The van der Waals surface area contributed by atoms with Crippen LogP contribution in [0.1, 0.15) is 64.1 Å². The molecular formula is C30H33N3OS. The second kappa shape index (κ2) is 11.8. The Morgan fingerprint density at radius 1 is 1.20 bits per heavy atom. The lowest BCUT2D eigenvalue weighted by Crippen LogP contribution is -2.23. The van der Waals surface area contributed by atoms with Crippen molar-refractivity contribution in [2.75, 3.05) is 5.32 Å². The summed E-state index contributed by atoms with van der Waals surface area (Å²) in [6.07, 6.45) is 14.0. The van der Waals surface area contributed by atoms with Gasteiger partial charge in [0.05, 0.1) is 5.69 Å². The summed E-state index contributed by atoms with van der Waals surface area (Å²) in [5.41, 5.74) is 6.56. The maximum absolute atomic E-state index is 12.2. The molecule has 1 heterocycles. The molecule has 1 N–H and O–H groups in total. The molecule has 4 nitrogen and oxygen atoms in total. The van der Waals surface area contributed by atoms with Crippen LogP contribution in [0.4, 0.5) is 5.69 Å². The van der Waals surface area contributed by atoms with E-state index in [2.05, 4.69) is 56.2 Å². The minimum atomic E-state index is -0.141. The number of aromatic nitrogens is 1. The molecule has 5 heteroatoms. The van der Waals surface area contributed by atoms with E-state index in [0.29, 0.717) is 5.01 Å². The fourth-order valence-corrected chi connectivity index (χ4v) is 5.04. The van der Waals surface area contributed by atoms with E-state index in [-0.39, 0.29) is 17.2 Å². The second-order valence-electron chi connectivity index (χ2n) is 9.61. The van der Waals surface area contributed by atoms with Crippen molar-refractivity contribution >= 4 is 22.9 Å². The molecule has 1 atom stereocenters. The van der Waals surface area contributed by atoms with Gasteiger partial charge < -0.3 is 5.32 Å². The summed E-state index contributed by atoms with van der Waals surface area (Å²) in [4.78, 5) is 16.7. The first-order valence-corrected chi connectivity index (χ1v) is 12.7. The maximum Gasteiger partial charge on any atom is 0.248 e. The van der Waals surface area contributed by atoms with Crippen LogP contribution in [0.2, 0.25) is 0 Å². The predicted octanol–water partition coefficient (Wildman–Crippen LogP) is 7.88. The molecule has 0 fully saturated rings. The Morgan fingerprint density at radius 2 is 1.94 bits per heavy atom. The molecule has 2 aromatic rings. The summed E-state index contributed by atoms with van der Waals surface area (Å²) in [7, 11) is 0. The highest BCUT2D eigenvalue weighted by Crippen LogP contribution is 2.47. The number of para-hydroxylation sites is 1.